The summed E-state index contributed by atoms with van der Waals surface area (Å²) in [5, 5.41) is 5.00. The van der Waals surface area contributed by atoms with Crippen LogP contribution in [0, 0.1) is 0 Å². The van der Waals surface area contributed by atoms with Gasteiger partial charge in [0.1, 0.15) is 10.8 Å². The average Bonchev–Trinajstić information content (AvgIpc) is 3.04. The number of hydrogen-bond acceptors (Lipinski definition) is 5. The van der Waals surface area contributed by atoms with Crippen LogP contribution in [-0.4, -0.2) is 19.7 Å². The summed E-state index contributed by atoms with van der Waals surface area (Å²) in [7, 11) is 1.91. The van der Waals surface area contributed by atoms with E-state index in [9.17, 15) is 0 Å². The molecule has 2 heterocycles. The second kappa shape index (κ2) is 9.07. The number of nitrogens with zero attached hydrogens (tertiary/aromatic N) is 4. The minimum absolute atomic E-state index is 0.121. The third-order valence-corrected chi connectivity index (χ3v) is 5.00. The Bertz CT molecular complexity index is 1110. The van der Waals surface area contributed by atoms with Gasteiger partial charge in [-0.1, -0.05) is 72.3 Å². The molecule has 30 heavy (non-hydrogen) atoms. The molecule has 4 rings (SSSR count). The van der Waals surface area contributed by atoms with Crippen molar-refractivity contribution in [2.24, 2.45) is 7.05 Å². The van der Waals surface area contributed by atoms with Crippen molar-refractivity contribution >= 4 is 17.5 Å². The van der Waals surface area contributed by atoms with Crippen LogP contribution in [0.25, 0.3) is 11.4 Å². The van der Waals surface area contributed by atoms with Gasteiger partial charge in [0, 0.05) is 25.1 Å². The number of benzene rings is 2. The van der Waals surface area contributed by atoms with Crippen molar-refractivity contribution in [3.8, 4) is 11.4 Å². The first-order valence-electron chi connectivity index (χ1n) is 9.61. The van der Waals surface area contributed by atoms with E-state index in [1.165, 1.54) is 5.56 Å². The molecule has 6 nitrogen and oxygen atoms in total. The lowest BCUT2D eigenvalue weighted by atomic mass is 10.0. The van der Waals surface area contributed by atoms with E-state index in [4.69, 9.17) is 27.2 Å². The smallest absolute Gasteiger partial charge is 0.222 e. The van der Waals surface area contributed by atoms with E-state index in [1.54, 1.807) is 6.07 Å². The molecule has 0 amide bonds. The minimum atomic E-state index is 0.121. The molecular weight excluding hydrogens is 398 g/mol. The summed E-state index contributed by atoms with van der Waals surface area (Å²) in [4.78, 5) is 8.31. The van der Waals surface area contributed by atoms with Crippen LogP contribution >= 0.6 is 11.6 Å². The van der Waals surface area contributed by atoms with Crippen LogP contribution in [0.5, 0.6) is 0 Å². The second-order valence-corrected chi connectivity index (χ2v) is 7.36. The molecule has 0 aliphatic carbocycles. The van der Waals surface area contributed by atoms with Crippen LogP contribution in [0.2, 0.25) is 5.15 Å². The predicted molar refractivity (Wildman–Crippen MR) is 118 cm³/mol. The van der Waals surface area contributed by atoms with E-state index < -0.39 is 0 Å². The fourth-order valence-electron chi connectivity index (χ4n) is 3.37. The Morgan fingerprint density at radius 2 is 1.60 bits per heavy atom. The molecule has 0 bridgehead atoms. The van der Waals surface area contributed by atoms with Crippen LogP contribution < -0.4 is 5.73 Å². The summed E-state index contributed by atoms with van der Waals surface area (Å²) in [5.74, 6) is 0.121. The fourth-order valence-corrected chi connectivity index (χ4v) is 3.56. The quantitative estimate of drug-likeness (QED) is 0.448. The highest BCUT2D eigenvalue weighted by molar-refractivity contribution is 6.29. The zero-order valence-electron chi connectivity index (χ0n) is 16.6. The van der Waals surface area contributed by atoms with E-state index in [0.29, 0.717) is 25.3 Å². The van der Waals surface area contributed by atoms with Gasteiger partial charge in [-0.05, 0) is 11.1 Å². The van der Waals surface area contributed by atoms with Gasteiger partial charge < -0.3 is 10.5 Å². The Kier molecular flexibility index (Phi) is 6.07. The highest BCUT2D eigenvalue weighted by Gasteiger charge is 2.20. The molecule has 0 fully saturated rings. The van der Waals surface area contributed by atoms with Crippen molar-refractivity contribution in [1.29, 1.82) is 0 Å². The molecule has 0 radical (unpaired) electrons. The molecule has 2 N–H and O–H groups in total. The maximum absolute atomic E-state index is 6.12. The number of halogens is 1. The van der Waals surface area contributed by atoms with Gasteiger partial charge in [0.2, 0.25) is 5.95 Å². The number of aromatic nitrogens is 4. The van der Waals surface area contributed by atoms with E-state index in [2.05, 4.69) is 22.1 Å². The van der Waals surface area contributed by atoms with E-state index in [1.807, 2.05) is 60.3 Å². The summed E-state index contributed by atoms with van der Waals surface area (Å²) in [6.07, 6.45) is 0.690. The molecule has 0 spiro atoms. The molecule has 0 aliphatic rings. The maximum atomic E-state index is 6.12. The first kappa shape index (κ1) is 20.1. The molecule has 0 unspecified atom stereocenters. The van der Waals surface area contributed by atoms with Crippen molar-refractivity contribution in [2.45, 2.75) is 19.6 Å². The predicted octanol–water partition coefficient (Wildman–Crippen LogP) is 4.42. The summed E-state index contributed by atoms with van der Waals surface area (Å²) < 4.78 is 7.86. The number of aryl methyl sites for hydroxylation is 1. The number of hydrogen-bond donors (Lipinski definition) is 1. The SMILES string of the molecule is Cn1nc(-c2cc(Cl)nc(N)n2)c(Cc2ccccc2)c1COCc1ccccc1. The summed E-state index contributed by atoms with van der Waals surface area (Å²) >= 11 is 6.12. The Morgan fingerprint density at radius 1 is 0.933 bits per heavy atom. The molecule has 7 heteroatoms. The first-order valence-corrected chi connectivity index (χ1v) is 9.98. The molecule has 0 aliphatic heterocycles. The van der Waals surface area contributed by atoms with Crippen molar-refractivity contribution in [3.05, 3.63) is 94.3 Å². The lowest BCUT2D eigenvalue weighted by Gasteiger charge is -2.09. The Hall–Kier alpha value is -3.22. The molecule has 2 aromatic carbocycles. The van der Waals surface area contributed by atoms with Gasteiger partial charge in [-0.25, -0.2) is 9.97 Å². The zero-order valence-corrected chi connectivity index (χ0v) is 17.4. The maximum Gasteiger partial charge on any atom is 0.222 e. The standard InChI is InChI=1S/C23H22ClN5O/c1-29-20(15-30-14-17-10-6-3-7-11-17)18(12-16-8-4-2-5-9-16)22(28-29)19-13-21(24)27-23(25)26-19/h2-11,13H,12,14-15H2,1H3,(H2,25,26,27). The van der Waals surface area contributed by atoms with Crippen LogP contribution in [0.4, 0.5) is 5.95 Å². The normalized spacial score (nSPS) is 11.0. The third-order valence-electron chi connectivity index (χ3n) is 4.80. The van der Waals surface area contributed by atoms with Gasteiger partial charge in [0.15, 0.2) is 0 Å². The molecule has 0 saturated heterocycles. The topological polar surface area (TPSA) is 78.9 Å². The number of ether oxygens (including phenoxy) is 1. The highest BCUT2D eigenvalue weighted by Crippen LogP contribution is 2.28. The van der Waals surface area contributed by atoms with Crippen molar-refractivity contribution in [2.75, 3.05) is 5.73 Å². The number of rotatable bonds is 7. The van der Waals surface area contributed by atoms with Gasteiger partial charge in [-0.15, -0.1) is 0 Å². The summed E-state index contributed by atoms with van der Waals surface area (Å²) in [5.41, 5.74) is 11.5. The molecular formula is C23H22ClN5O. The van der Waals surface area contributed by atoms with Crippen LogP contribution in [0.3, 0.4) is 0 Å². The molecule has 152 valence electrons. The number of anilines is 1. The summed E-state index contributed by atoms with van der Waals surface area (Å²) in [6.45, 7) is 0.952. The second-order valence-electron chi connectivity index (χ2n) is 6.97. The highest BCUT2D eigenvalue weighted by atomic mass is 35.5. The van der Waals surface area contributed by atoms with Gasteiger partial charge in [0.05, 0.1) is 24.6 Å². The van der Waals surface area contributed by atoms with Crippen LogP contribution in [0.1, 0.15) is 22.4 Å². The van der Waals surface area contributed by atoms with Crippen molar-refractivity contribution in [1.82, 2.24) is 19.7 Å². The molecule has 4 aromatic rings. The lowest BCUT2D eigenvalue weighted by Crippen LogP contribution is -2.04. The monoisotopic (exact) mass is 419 g/mol. The fraction of sp³-hybridized carbons (Fsp3) is 0.174. The zero-order chi connectivity index (χ0) is 20.9. The van der Waals surface area contributed by atoms with E-state index >= 15 is 0 Å². The van der Waals surface area contributed by atoms with Crippen molar-refractivity contribution in [3.63, 3.8) is 0 Å². The number of nitrogen functional groups attached to an aromatic ring is 1. The lowest BCUT2D eigenvalue weighted by molar-refractivity contribution is 0.101. The Morgan fingerprint density at radius 3 is 2.27 bits per heavy atom. The average molecular weight is 420 g/mol. The van der Waals surface area contributed by atoms with Crippen LogP contribution in [-0.2, 0) is 31.4 Å². The number of nitrogens with two attached hydrogens (primary N) is 1. The van der Waals surface area contributed by atoms with Crippen LogP contribution in [0.15, 0.2) is 66.7 Å². The Balaban J connectivity index is 1.68. The minimum Gasteiger partial charge on any atom is -0.370 e. The first-order chi connectivity index (χ1) is 14.6. The van der Waals surface area contributed by atoms with E-state index in [0.717, 1.165) is 22.5 Å². The van der Waals surface area contributed by atoms with Crippen molar-refractivity contribution < 1.29 is 4.74 Å². The Labute approximate surface area is 180 Å². The van der Waals surface area contributed by atoms with Gasteiger partial charge in [0.25, 0.3) is 0 Å². The third kappa shape index (κ3) is 4.67. The molecule has 2 aromatic heterocycles. The molecule has 0 atom stereocenters. The largest absolute Gasteiger partial charge is 0.370 e. The molecule has 0 saturated carbocycles. The van der Waals surface area contributed by atoms with Gasteiger partial charge >= 0.3 is 0 Å². The van der Waals surface area contributed by atoms with E-state index in [-0.39, 0.29) is 11.1 Å². The van der Waals surface area contributed by atoms with Gasteiger partial charge in [-0.3, -0.25) is 4.68 Å². The van der Waals surface area contributed by atoms with Gasteiger partial charge in [-0.2, -0.15) is 5.10 Å². The summed E-state index contributed by atoms with van der Waals surface area (Å²) in [6, 6.07) is 22.0.